The number of carboxylic acid groups (broad SMARTS) is 1. The first-order valence-electron chi connectivity index (χ1n) is 7.11. The predicted molar refractivity (Wildman–Crippen MR) is 81.9 cm³/mol. The fourth-order valence-corrected chi connectivity index (χ4v) is 2.90. The summed E-state index contributed by atoms with van der Waals surface area (Å²) in [5, 5.41) is 19.8. The van der Waals surface area contributed by atoms with Gasteiger partial charge in [-0.2, -0.15) is 0 Å². The second-order valence-corrected chi connectivity index (χ2v) is 6.27. The number of carbonyl (C=O) groups excluding carboxylic acids is 1. The second-order valence-electron chi connectivity index (χ2n) is 6.27. The van der Waals surface area contributed by atoms with Gasteiger partial charge in [-0.05, 0) is 43.1 Å². The lowest BCUT2D eigenvalue weighted by Crippen LogP contribution is -2.49. The maximum Gasteiger partial charge on any atom is 0.328 e. The molecule has 4 nitrogen and oxygen atoms in total. The van der Waals surface area contributed by atoms with Gasteiger partial charge in [0, 0.05) is 17.9 Å². The molecule has 1 rings (SSSR count). The third-order valence-electron chi connectivity index (χ3n) is 4.29. The van der Waals surface area contributed by atoms with Gasteiger partial charge in [0.1, 0.15) is 5.60 Å². The number of carbonyl (C=O) groups is 2. The monoisotopic (exact) mass is 292 g/mol. The predicted octanol–water partition coefficient (Wildman–Crippen LogP) is 3.03. The van der Waals surface area contributed by atoms with Crippen molar-refractivity contribution in [2.24, 2.45) is 5.41 Å². The molecule has 21 heavy (non-hydrogen) atoms. The van der Waals surface area contributed by atoms with Gasteiger partial charge in [-0.25, -0.2) is 4.79 Å². The Morgan fingerprint density at radius 2 is 1.95 bits per heavy atom. The molecule has 4 heteroatoms. The van der Waals surface area contributed by atoms with Crippen LogP contribution in [0.5, 0.6) is 0 Å². The van der Waals surface area contributed by atoms with Crippen molar-refractivity contribution in [3.05, 3.63) is 34.9 Å². The van der Waals surface area contributed by atoms with Gasteiger partial charge in [0.15, 0.2) is 5.78 Å². The SMILES string of the molecule is CCC1=C(C)C(O)(C=CC(C)=CC(=O)O)C(C)(C)CC1=O. The minimum absolute atomic E-state index is 0.0795. The first-order chi connectivity index (χ1) is 9.55. The molecule has 0 aromatic heterocycles. The van der Waals surface area contributed by atoms with Crippen molar-refractivity contribution in [3.63, 3.8) is 0 Å². The summed E-state index contributed by atoms with van der Waals surface area (Å²) in [6.45, 7) is 9.03. The Morgan fingerprint density at radius 3 is 2.43 bits per heavy atom. The van der Waals surface area contributed by atoms with Crippen molar-refractivity contribution >= 4 is 11.8 Å². The summed E-state index contributed by atoms with van der Waals surface area (Å²) in [7, 11) is 0. The summed E-state index contributed by atoms with van der Waals surface area (Å²) in [5.41, 5.74) is -0.0198. The Balaban J connectivity index is 3.33. The molecular weight excluding hydrogens is 268 g/mol. The van der Waals surface area contributed by atoms with Gasteiger partial charge < -0.3 is 10.2 Å². The van der Waals surface area contributed by atoms with Crippen LogP contribution in [0.25, 0.3) is 0 Å². The third-order valence-corrected chi connectivity index (χ3v) is 4.29. The van der Waals surface area contributed by atoms with E-state index < -0.39 is 17.0 Å². The molecule has 0 aliphatic heterocycles. The number of rotatable bonds is 4. The van der Waals surface area contributed by atoms with E-state index in [-0.39, 0.29) is 12.2 Å². The summed E-state index contributed by atoms with van der Waals surface area (Å²) in [4.78, 5) is 22.8. The largest absolute Gasteiger partial charge is 0.478 e. The highest BCUT2D eigenvalue weighted by atomic mass is 16.4. The van der Waals surface area contributed by atoms with Crippen LogP contribution in [0, 0.1) is 5.41 Å². The molecule has 1 aliphatic rings. The van der Waals surface area contributed by atoms with Gasteiger partial charge in [0.2, 0.25) is 0 Å². The standard InChI is InChI=1S/C17H24O4/c1-6-13-12(3)17(21,16(4,5)10-14(13)18)8-7-11(2)9-15(19)20/h7-9,21H,6,10H2,1-5H3,(H,19,20). The van der Waals surface area contributed by atoms with Crippen LogP contribution in [0.3, 0.4) is 0 Å². The van der Waals surface area contributed by atoms with E-state index in [9.17, 15) is 14.7 Å². The molecule has 2 N–H and O–H groups in total. The zero-order chi connectivity index (χ0) is 16.4. The minimum Gasteiger partial charge on any atom is -0.478 e. The number of hydrogen-bond donors (Lipinski definition) is 2. The molecule has 0 radical (unpaired) electrons. The number of aliphatic hydroxyl groups is 1. The Kier molecular flexibility index (Phi) is 4.95. The molecular formula is C17H24O4. The highest BCUT2D eigenvalue weighted by Crippen LogP contribution is 2.47. The van der Waals surface area contributed by atoms with E-state index in [2.05, 4.69) is 0 Å². The molecule has 0 amide bonds. The summed E-state index contributed by atoms with van der Waals surface area (Å²) >= 11 is 0. The van der Waals surface area contributed by atoms with E-state index in [1.807, 2.05) is 20.8 Å². The Morgan fingerprint density at radius 1 is 1.38 bits per heavy atom. The number of aliphatic carboxylic acids is 1. The van der Waals surface area contributed by atoms with Crippen molar-refractivity contribution in [1.82, 2.24) is 0 Å². The van der Waals surface area contributed by atoms with E-state index in [1.165, 1.54) is 0 Å². The van der Waals surface area contributed by atoms with Crippen molar-refractivity contribution in [3.8, 4) is 0 Å². The topological polar surface area (TPSA) is 74.6 Å². The zero-order valence-corrected chi connectivity index (χ0v) is 13.4. The highest BCUT2D eigenvalue weighted by Gasteiger charge is 2.48. The molecule has 116 valence electrons. The molecule has 0 spiro atoms. The molecule has 1 atom stereocenters. The van der Waals surface area contributed by atoms with E-state index in [4.69, 9.17) is 5.11 Å². The van der Waals surface area contributed by atoms with E-state index in [0.29, 0.717) is 23.1 Å². The first kappa shape index (κ1) is 17.4. The van der Waals surface area contributed by atoms with Gasteiger partial charge in [-0.1, -0.05) is 26.8 Å². The average molecular weight is 292 g/mol. The van der Waals surface area contributed by atoms with Crippen LogP contribution in [-0.4, -0.2) is 27.6 Å². The molecule has 1 aliphatic carbocycles. The van der Waals surface area contributed by atoms with Crippen LogP contribution < -0.4 is 0 Å². The number of Topliss-reactive ketones (excluding diaryl/α,β-unsaturated/α-hetero) is 1. The van der Waals surface area contributed by atoms with E-state index in [0.717, 1.165) is 6.08 Å². The summed E-state index contributed by atoms with van der Waals surface area (Å²) < 4.78 is 0. The maximum atomic E-state index is 12.1. The number of allylic oxidation sites excluding steroid dienone is 3. The third kappa shape index (κ3) is 3.32. The fourth-order valence-electron chi connectivity index (χ4n) is 2.90. The lowest BCUT2D eigenvalue weighted by Gasteiger charge is -2.45. The van der Waals surface area contributed by atoms with Gasteiger partial charge in [-0.3, -0.25) is 4.79 Å². The lowest BCUT2D eigenvalue weighted by atomic mass is 9.62. The highest BCUT2D eigenvalue weighted by molar-refractivity contribution is 5.98. The quantitative estimate of drug-likeness (QED) is 0.617. The zero-order valence-electron chi connectivity index (χ0n) is 13.4. The Hall–Kier alpha value is -1.68. The first-order valence-corrected chi connectivity index (χ1v) is 7.11. The molecule has 0 bridgehead atoms. The number of ketones is 1. The van der Waals surface area contributed by atoms with Crippen molar-refractivity contribution in [2.75, 3.05) is 0 Å². The van der Waals surface area contributed by atoms with Crippen LogP contribution in [0.4, 0.5) is 0 Å². The van der Waals surface area contributed by atoms with Gasteiger partial charge in [0.25, 0.3) is 0 Å². The fraction of sp³-hybridized carbons (Fsp3) is 0.529. The van der Waals surface area contributed by atoms with E-state index >= 15 is 0 Å². The summed E-state index contributed by atoms with van der Waals surface area (Å²) in [6, 6.07) is 0. The average Bonchev–Trinajstić information content (AvgIpc) is 2.33. The van der Waals surface area contributed by atoms with Crippen LogP contribution in [0.15, 0.2) is 34.9 Å². The van der Waals surface area contributed by atoms with Crippen molar-refractivity contribution < 1.29 is 19.8 Å². The minimum atomic E-state index is -1.25. The second kappa shape index (κ2) is 5.98. The number of carboxylic acids is 1. The van der Waals surface area contributed by atoms with Crippen LogP contribution in [0.1, 0.15) is 47.5 Å². The molecule has 1 unspecified atom stereocenters. The Labute approximate surface area is 125 Å². The van der Waals surface area contributed by atoms with Crippen molar-refractivity contribution in [2.45, 2.75) is 53.1 Å². The summed E-state index contributed by atoms with van der Waals surface area (Å²) in [5.74, 6) is -0.945. The maximum absolute atomic E-state index is 12.1. The molecule has 0 fully saturated rings. The lowest BCUT2D eigenvalue weighted by molar-refractivity contribution is -0.131. The van der Waals surface area contributed by atoms with Gasteiger partial charge in [0.05, 0.1) is 0 Å². The van der Waals surface area contributed by atoms with Gasteiger partial charge >= 0.3 is 5.97 Å². The van der Waals surface area contributed by atoms with Gasteiger partial charge in [-0.15, -0.1) is 0 Å². The molecule has 0 aromatic rings. The van der Waals surface area contributed by atoms with E-state index in [1.54, 1.807) is 26.0 Å². The molecule has 0 saturated carbocycles. The number of hydrogen-bond acceptors (Lipinski definition) is 3. The summed E-state index contributed by atoms with van der Waals surface area (Å²) in [6.07, 6.45) is 5.15. The van der Waals surface area contributed by atoms with Crippen LogP contribution >= 0.6 is 0 Å². The molecule has 0 saturated heterocycles. The van der Waals surface area contributed by atoms with Crippen LogP contribution in [0.2, 0.25) is 0 Å². The normalized spacial score (nSPS) is 26.6. The smallest absolute Gasteiger partial charge is 0.328 e. The van der Waals surface area contributed by atoms with Crippen molar-refractivity contribution in [1.29, 1.82) is 0 Å². The molecule has 0 aromatic carbocycles. The molecule has 0 heterocycles. The van der Waals surface area contributed by atoms with Crippen LogP contribution in [-0.2, 0) is 9.59 Å². The Bertz CT molecular complexity index is 549.